The van der Waals surface area contributed by atoms with Crippen LogP contribution in [0.2, 0.25) is 0 Å². The van der Waals surface area contributed by atoms with E-state index in [1.165, 1.54) is 16.7 Å². The van der Waals surface area contributed by atoms with Crippen LogP contribution in [-0.4, -0.2) is 43.4 Å². The molecule has 4 rings (SSSR count). The van der Waals surface area contributed by atoms with Crippen molar-refractivity contribution in [2.75, 3.05) is 26.2 Å². The van der Waals surface area contributed by atoms with Gasteiger partial charge in [-0.05, 0) is 41.5 Å². The highest BCUT2D eigenvalue weighted by atomic mass is 19.4. The summed E-state index contributed by atoms with van der Waals surface area (Å²) < 4.78 is 31.6. The molecule has 1 fully saturated rings. The number of benzene rings is 2. The van der Waals surface area contributed by atoms with Crippen molar-refractivity contribution >= 4 is 5.91 Å². The number of halogens is 3. The van der Waals surface area contributed by atoms with Crippen LogP contribution in [-0.2, 0) is 12.8 Å². The zero-order chi connectivity index (χ0) is 20.9. The molecule has 3 N–H and O–H groups in total. The monoisotopic (exact) mass is 406 g/mol. The first-order valence-corrected chi connectivity index (χ1v) is 9.70. The molecule has 156 valence electrons. The molecule has 0 aliphatic carbocycles. The summed E-state index contributed by atoms with van der Waals surface area (Å²) in [6.07, 6.45) is -2.42. The molecule has 2 atom stereocenters. The van der Waals surface area contributed by atoms with Crippen LogP contribution >= 0.6 is 0 Å². The molecule has 2 heterocycles. The van der Waals surface area contributed by atoms with Crippen LogP contribution in [0.25, 0.3) is 0 Å². The van der Waals surface area contributed by atoms with Gasteiger partial charge in [-0.2, -0.15) is 13.2 Å². The van der Waals surface area contributed by atoms with Crippen molar-refractivity contribution in [3.8, 4) is 0 Å². The van der Waals surface area contributed by atoms with E-state index in [9.17, 15) is 18.0 Å². The molecule has 4 nitrogen and oxygen atoms in total. The summed E-state index contributed by atoms with van der Waals surface area (Å²) in [4.78, 5) is 12.4. The van der Waals surface area contributed by atoms with Gasteiger partial charge in [0, 0.05) is 31.1 Å². The van der Waals surface area contributed by atoms with Gasteiger partial charge in [0.25, 0.3) is 5.91 Å². The maximum absolute atomic E-state index is 12.4. The average Bonchev–Trinajstić information content (AvgIpc) is 3.15. The molecule has 2 aliphatic heterocycles. The Labute approximate surface area is 168 Å². The minimum atomic E-state index is -4.40. The zero-order valence-corrected chi connectivity index (χ0v) is 16.0. The van der Waals surface area contributed by atoms with Crippen molar-refractivity contribution < 1.29 is 23.1 Å². The first kappa shape index (κ1) is 21.3. The number of nitrogens with one attached hydrogen (secondary N) is 2. The smallest absolute Gasteiger partial charge is 0.387 e. The van der Waals surface area contributed by atoms with Gasteiger partial charge in [0.1, 0.15) is 6.61 Å². The van der Waals surface area contributed by atoms with Gasteiger partial charge in [0.15, 0.2) is 0 Å². The minimum absolute atomic E-state index is 0.0935. The Kier molecular flexibility index (Phi) is 6.92. The van der Waals surface area contributed by atoms with Gasteiger partial charge in [-0.25, -0.2) is 0 Å². The normalized spacial score (nSPS) is 20.6. The lowest BCUT2D eigenvalue weighted by Gasteiger charge is -2.16. The van der Waals surface area contributed by atoms with Crippen LogP contribution < -0.4 is 10.6 Å². The van der Waals surface area contributed by atoms with Crippen LogP contribution in [0.5, 0.6) is 0 Å². The first-order valence-electron chi connectivity index (χ1n) is 9.70. The molecule has 0 bridgehead atoms. The van der Waals surface area contributed by atoms with E-state index in [0.29, 0.717) is 11.8 Å². The van der Waals surface area contributed by atoms with Crippen molar-refractivity contribution in [3.05, 3.63) is 70.8 Å². The first-order chi connectivity index (χ1) is 13.9. The highest BCUT2D eigenvalue weighted by Gasteiger charge is 2.34. The Morgan fingerprint density at radius 1 is 0.966 bits per heavy atom. The van der Waals surface area contributed by atoms with Crippen molar-refractivity contribution in [2.24, 2.45) is 5.92 Å². The van der Waals surface area contributed by atoms with Crippen LogP contribution in [0, 0.1) is 5.92 Å². The fraction of sp³-hybridized carbons (Fsp3) is 0.409. The van der Waals surface area contributed by atoms with E-state index < -0.39 is 12.8 Å². The van der Waals surface area contributed by atoms with Crippen LogP contribution in [0.15, 0.2) is 48.5 Å². The molecule has 1 saturated heterocycles. The number of amides is 1. The second kappa shape index (κ2) is 9.41. The Morgan fingerprint density at radius 3 is 2.34 bits per heavy atom. The molecule has 2 aromatic rings. The number of hydrogen-bond acceptors (Lipinski definition) is 3. The Morgan fingerprint density at radius 2 is 1.66 bits per heavy atom. The molecule has 29 heavy (non-hydrogen) atoms. The molecule has 0 aromatic heterocycles. The molecule has 0 spiro atoms. The number of rotatable bonds is 3. The molecule has 0 saturated carbocycles. The number of aliphatic hydroxyl groups is 1. The third-order valence-electron chi connectivity index (χ3n) is 5.35. The van der Waals surface area contributed by atoms with Gasteiger partial charge < -0.3 is 15.7 Å². The molecule has 2 aromatic carbocycles. The van der Waals surface area contributed by atoms with E-state index in [1.807, 2.05) is 6.07 Å². The van der Waals surface area contributed by atoms with Crippen molar-refractivity contribution in [1.82, 2.24) is 10.6 Å². The molecular formula is C22H25F3N2O2. The molecule has 7 heteroatoms. The number of carbonyl (C=O) groups is 1. The third-order valence-corrected chi connectivity index (χ3v) is 5.35. The van der Waals surface area contributed by atoms with Gasteiger partial charge in [-0.1, -0.05) is 42.5 Å². The average molecular weight is 406 g/mol. The Hall–Kier alpha value is -2.38. The van der Waals surface area contributed by atoms with E-state index in [0.717, 1.165) is 38.0 Å². The van der Waals surface area contributed by atoms with Crippen LogP contribution in [0.4, 0.5) is 13.2 Å². The summed E-state index contributed by atoms with van der Waals surface area (Å²) in [7, 11) is 0. The highest BCUT2D eigenvalue weighted by Crippen LogP contribution is 2.33. The van der Waals surface area contributed by atoms with Crippen LogP contribution in [0.3, 0.4) is 0 Å². The maximum Gasteiger partial charge on any atom is 0.411 e. The summed E-state index contributed by atoms with van der Waals surface area (Å²) >= 11 is 0. The summed E-state index contributed by atoms with van der Waals surface area (Å²) in [6, 6.07) is 17.0. The lowest BCUT2D eigenvalue weighted by molar-refractivity contribution is -0.159. The molecule has 2 aliphatic rings. The second-order valence-corrected chi connectivity index (χ2v) is 7.42. The van der Waals surface area contributed by atoms with Crippen LogP contribution in [0.1, 0.15) is 33.0 Å². The van der Waals surface area contributed by atoms with Gasteiger partial charge in [0.2, 0.25) is 0 Å². The van der Waals surface area contributed by atoms with Crippen molar-refractivity contribution in [3.63, 3.8) is 0 Å². The predicted molar refractivity (Wildman–Crippen MR) is 105 cm³/mol. The molecule has 1 amide bonds. The van der Waals surface area contributed by atoms with E-state index in [1.54, 1.807) is 0 Å². The summed E-state index contributed by atoms with van der Waals surface area (Å²) in [6.45, 7) is 1.04. The lowest BCUT2D eigenvalue weighted by Crippen LogP contribution is -2.28. The molecular weight excluding hydrogens is 381 g/mol. The van der Waals surface area contributed by atoms with E-state index >= 15 is 0 Å². The predicted octanol–water partition coefficient (Wildman–Crippen LogP) is 3.06. The minimum Gasteiger partial charge on any atom is -0.387 e. The van der Waals surface area contributed by atoms with Gasteiger partial charge in [0.05, 0.1) is 0 Å². The van der Waals surface area contributed by atoms with Gasteiger partial charge >= 0.3 is 6.18 Å². The lowest BCUT2D eigenvalue weighted by atomic mass is 9.86. The topological polar surface area (TPSA) is 61.4 Å². The third kappa shape index (κ3) is 5.81. The zero-order valence-electron chi connectivity index (χ0n) is 16.0. The number of fused-ring (bicyclic) bond motifs is 3. The quantitative estimate of drug-likeness (QED) is 0.734. The highest BCUT2D eigenvalue weighted by molar-refractivity contribution is 5.96. The van der Waals surface area contributed by atoms with Crippen molar-refractivity contribution in [2.45, 2.75) is 24.9 Å². The maximum atomic E-state index is 12.4. The number of aliphatic hydroxyl groups excluding tert-OH is 1. The summed E-state index contributed by atoms with van der Waals surface area (Å²) in [5.41, 5.74) is 4.68. The standard InChI is InChI=1S/C20H22N2O.C2H3F3O/c23-20-18-10-15(7-6-14-4-2-1-3-5-14)8-9-17(18)19-13-21-11-16(19)12-22-20;3-2(4,5)1-6/h1-5,8-10,16,19,21H,6-7,11-13H2,(H,22,23);6H,1H2/t16-,19+;/m0./s1. The number of hydrogen-bond donors (Lipinski definition) is 3. The summed E-state index contributed by atoms with van der Waals surface area (Å²) in [5.74, 6) is 1.08. The second-order valence-electron chi connectivity index (χ2n) is 7.42. The summed E-state index contributed by atoms with van der Waals surface area (Å²) in [5, 5.41) is 13.8. The van der Waals surface area contributed by atoms with Gasteiger partial charge in [-0.3, -0.25) is 4.79 Å². The van der Waals surface area contributed by atoms with Gasteiger partial charge in [-0.15, -0.1) is 0 Å². The van der Waals surface area contributed by atoms with E-state index in [2.05, 4.69) is 53.1 Å². The Bertz CT molecular complexity index is 825. The van der Waals surface area contributed by atoms with E-state index in [-0.39, 0.29) is 5.91 Å². The largest absolute Gasteiger partial charge is 0.411 e. The molecule has 0 radical (unpaired) electrons. The molecule has 0 unspecified atom stereocenters. The fourth-order valence-electron chi connectivity index (χ4n) is 3.84. The Balaban J connectivity index is 0.000000353. The number of aryl methyl sites for hydroxylation is 2. The van der Waals surface area contributed by atoms with Crippen molar-refractivity contribution in [1.29, 1.82) is 0 Å². The fourth-order valence-corrected chi connectivity index (χ4v) is 3.84. The van der Waals surface area contributed by atoms with E-state index in [4.69, 9.17) is 5.11 Å². The SMILES string of the molecule is O=C1NC[C@@H]2CNC[C@H]2c2ccc(CCc3ccccc3)cc21.OCC(F)(F)F. The number of carbonyl (C=O) groups excluding carboxylic acids is 1. The number of alkyl halides is 3.